The molecule has 0 saturated carbocycles. The molecule has 2 aromatic rings. The van der Waals surface area contributed by atoms with Crippen molar-refractivity contribution < 1.29 is 17.6 Å². The third-order valence-corrected chi connectivity index (χ3v) is 5.27. The van der Waals surface area contributed by atoms with Crippen LogP contribution in [0.2, 0.25) is 0 Å². The monoisotopic (exact) mass is 378 g/mol. The highest BCUT2D eigenvalue weighted by molar-refractivity contribution is 7.88. The summed E-state index contributed by atoms with van der Waals surface area (Å²) >= 11 is 0. The average molecular weight is 378 g/mol. The van der Waals surface area contributed by atoms with E-state index < -0.39 is 15.9 Å². The van der Waals surface area contributed by atoms with E-state index in [2.05, 4.69) is 5.32 Å². The summed E-state index contributed by atoms with van der Waals surface area (Å²) in [5.74, 6) is -0.738. The first-order valence-corrected chi connectivity index (χ1v) is 10.2. The zero-order valence-electron chi connectivity index (χ0n) is 14.9. The number of amides is 1. The summed E-state index contributed by atoms with van der Waals surface area (Å²) in [4.78, 5) is 12.3. The van der Waals surface area contributed by atoms with E-state index in [1.54, 1.807) is 18.2 Å². The lowest BCUT2D eigenvalue weighted by molar-refractivity contribution is -0.116. The highest BCUT2D eigenvalue weighted by atomic mass is 32.2. The van der Waals surface area contributed by atoms with Gasteiger partial charge in [-0.25, -0.2) is 12.8 Å². The molecule has 1 amide bonds. The molecule has 0 saturated heterocycles. The summed E-state index contributed by atoms with van der Waals surface area (Å²) in [6.45, 7) is 1.86. The molecule has 0 aliphatic heterocycles. The molecular weight excluding hydrogens is 355 g/mol. The molecule has 0 heterocycles. The summed E-state index contributed by atoms with van der Waals surface area (Å²) in [6, 6.07) is 13.3. The predicted molar refractivity (Wildman–Crippen MR) is 101 cm³/mol. The zero-order chi connectivity index (χ0) is 19.2. The molecule has 2 rings (SSSR count). The predicted octanol–water partition coefficient (Wildman–Crippen LogP) is 2.83. The van der Waals surface area contributed by atoms with Gasteiger partial charge in [0, 0.05) is 12.2 Å². The van der Waals surface area contributed by atoms with Crippen LogP contribution in [0.5, 0.6) is 0 Å². The van der Waals surface area contributed by atoms with Gasteiger partial charge in [0.05, 0.1) is 12.8 Å². The second-order valence-electron chi connectivity index (χ2n) is 6.03. The number of aryl methyl sites for hydroxylation is 1. The van der Waals surface area contributed by atoms with Crippen molar-refractivity contribution in [1.29, 1.82) is 0 Å². The Bertz CT molecular complexity index is 851. The van der Waals surface area contributed by atoms with Crippen LogP contribution in [0.15, 0.2) is 48.5 Å². The summed E-state index contributed by atoms with van der Waals surface area (Å²) < 4.78 is 38.1. The van der Waals surface area contributed by atoms with Crippen molar-refractivity contribution in [2.75, 3.05) is 24.7 Å². The van der Waals surface area contributed by atoms with Gasteiger partial charge in [-0.15, -0.1) is 0 Å². The van der Waals surface area contributed by atoms with Gasteiger partial charge in [0.1, 0.15) is 5.82 Å². The Morgan fingerprint density at radius 2 is 1.77 bits per heavy atom. The summed E-state index contributed by atoms with van der Waals surface area (Å²) in [7, 11) is -3.55. The van der Waals surface area contributed by atoms with E-state index in [1.165, 1.54) is 12.1 Å². The fourth-order valence-corrected chi connectivity index (χ4v) is 3.34. The minimum Gasteiger partial charge on any atom is -0.325 e. The van der Waals surface area contributed by atoms with E-state index in [4.69, 9.17) is 0 Å². The minimum atomic E-state index is -3.55. The molecule has 0 fully saturated rings. The number of hydrogen-bond acceptors (Lipinski definition) is 3. The fraction of sp³-hybridized carbons (Fsp3) is 0.316. The molecule has 0 aliphatic carbocycles. The maximum absolute atomic E-state index is 13.0. The third-order valence-electron chi connectivity index (χ3n) is 4.02. The molecule has 26 heavy (non-hydrogen) atoms. The number of benzene rings is 2. The van der Waals surface area contributed by atoms with Gasteiger partial charge in [-0.05, 0) is 42.2 Å². The lowest BCUT2D eigenvalue weighted by Crippen LogP contribution is -2.38. The zero-order valence-corrected chi connectivity index (χ0v) is 15.7. The van der Waals surface area contributed by atoms with E-state index >= 15 is 0 Å². The number of sulfonamides is 1. The van der Waals surface area contributed by atoms with E-state index in [1.807, 2.05) is 25.1 Å². The van der Waals surface area contributed by atoms with Crippen LogP contribution in [0.3, 0.4) is 0 Å². The van der Waals surface area contributed by atoms with Crippen molar-refractivity contribution in [3.05, 3.63) is 65.5 Å². The van der Waals surface area contributed by atoms with Crippen LogP contribution in [0.25, 0.3) is 0 Å². The topological polar surface area (TPSA) is 66.5 Å². The number of nitrogens with zero attached hydrogens (tertiary/aromatic N) is 1. The van der Waals surface area contributed by atoms with Gasteiger partial charge in [-0.2, -0.15) is 4.31 Å². The number of carbonyl (C=O) groups is 1. The van der Waals surface area contributed by atoms with Crippen molar-refractivity contribution in [3.8, 4) is 0 Å². The van der Waals surface area contributed by atoms with Crippen LogP contribution in [-0.2, 0) is 27.7 Å². The Morgan fingerprint density at radius 1 is 1.12 bits per heavy atom. The van der Waals surface area contributed by atoms with Crippen LogP contribution < -0.4 is 5.32 Å². The second kappa shape index (κ2) is 8.91. The van der Waals surface area contributed by atoms with Gasteiger partial charge >= 0.3 is 0 Å². The van der Waals surface area contributed by atoms with Crippen LogP contribution in [-0.4, -0.2) is 38.0 Å². The molecular formula is C19H23FN2O3S. The van der Waals surface area contributed by atoms with E-state index in [0.717, 1.165) is 28.1 Å². The molecule has 0 aromatic heterocycles. The Balaban J connectivity index is 2.03. The van der Waals surface area contributed by atoms with Crippen LogP contribution in [0.1, 0.15) is 18.1 Å². The number of para-hydroxylation sites is 1. The van der Waals surface area contributed by atoms with Gasteiger partial charge in [0.15, 0.2) is 0 Å². The van der Waals surface area contributed by atoms with Crippen LogP contribution in [0, 0.1) is 5.82 Å². The Morgan fingerprint density at radius 3 is 2.38 bits per heavy atom. The minimum absolute atomic E-state index is 0.146. The van der Waals surface area contributed by atoms with Gasteiger partial charge in [-0.1, -0.05) is 37.3 Å². The number of nitrogens with one attached hydrogen (secondary N) is 1. The number of halogens is 1. The molecule has 1 N–H and O–H groups in total. The third kappa shape index (κ3) is 5.93. The molecule has 7 heteroatoms. The van der Waals surface area contributed by atoms with Crippen molar-refractivity contribution in [2.24, 2.45) is 0 Å². The molecule has 0 aliphatic rings. The summed E-state index contributed by atoms with van der Waals surface area (Å²) in [5.41, 5.74) is 2.47. The van der Waals surface area contributed by atoms with Crippen LogP contribution >= 0.6 is 0 Å². The molecule has 0 atom stereocenters. The first kappa shape index (κ1) is 20.1. The van der Waals surface area contributed by atoms with E-state index in [9.17, 15) is 17.6 Å². The Hall–Kier alpha value is -2.25. The highest BCUT2D eigenvalue weighted by Crippen LogP contribution is 2.15. The Kier molecular flexibility index (Phi) is 6.88. The SMILES string of the molecule is CCc1ccccc1NC(=O)CN(CCc1ccc(F)cc1)S(C)(=O)=O. The van der Waals surface area contributed by atoms with Gasteiger partial charge in [-0.3, -0.25) is 4.79 Å². The lowest BCUT2D eigenvalue weighted by atomic mass is 10.1. The van der Waals surface area contributed by atoms with Gasteiger partial charge in [0.25, 0.3) is 0 Å². The van der Waals surface area contributed by atoms with Crippen molar-refractivity contribution in [1.82, 2.24) is 4.31 Å². The largest absolute Gasteiger partial charge is 0.325 e. The maximum Gasteiger partial charge on any atom is 0.239 e. The van der Waals surface area contributed by atoms with Crippen LogP contribution in [0.4, 0.5) is 10.1 Å². The molecule has 5 nitrogen and oxygen atoms in total. The summed E-state index contributed by atoms with van der Waals surface area (Å²) in [6.07, 6.45) is 2.23. The number of carbonyl (C=O) groups excluding carboxylic acids is 1. The highest BCUT2D eigenvalue weighted by Gasteiger charge is 2.20. The average Bonchev–Trinajstić information content (AvgIpc) is 2.59. The van der Waals surface area contributed by atoms with E-state index in [-0.39, 0.29) is 18.9 Å². The van der Waals surface area contributed by atoms with E-state index in [0.29, 0.717) is 12.1 Å². The number of hydrogen-bond donors (Lipinski definition) is 1. The first-order chi connectivity index (χ1) is 12.3. The first-order valence-electron chi connectivity index (χ1n) is 8.37. The van der Waals surface area contributed by atoms with Crippen molar-refractivity contribution in [3.63, 3.8) is 0 Å². The van der Waals surface area contributed by atoms with Crippen molar-refractivity contribution >= 4 is 21.6 Å². The molecule has 0 spiro atoms. The molecule has 140 valence electrons. The Labute approximate surface area is 153 Å². The molecule has 0 radical (unpaired) electrons. The van der Waals surface area contributed by atoms with Gasteiger partial charge < -0.3 is 5.32 Å². The quantitative estimate of drug-likeness (QED) is 0.768. The van der Waals surface area contributed by atoms with Gasteiger partial charge in [0.2, 0.25) is 15.9 Å². The summed E-state index contributed by atoms with van der Waals surface area (Å²) in [5, 5.41) is 2.78. The normalized spacial score (nSPS) is 11.5. The molecule has 2 aromatic carbocycles. The molecule has 0 bridgehead atoms. The second-order valence-corrected chi connectivity index (χ2v) is 8.01. The number of rotatable bonds is 8. The smallest absolute Gasteiger partial charge is 0.239 e. The standard InChI is InChI=1S/C19H23FN2O3S/c1-3-16-6-4-5-7-18(16)21-19(23)14-22(26(2,24)25)13-12-15-8-10-17(20)11-9-15/h4-11H,3,12-14H2,1-2H3,(H,21,23). The number of anilines is 1. The lowest BCUT2D eigenvalue weighted by Gasteiger charge is -2.20. The fourth-order valence-electron chi connectivity index (χ4n) is 2.57. The molecule has 0 unspecified atom stereocenters. The van der Waals surface area contributed by atoms with Crippen molar-refractivity contribution in [2.45, 2.75) is 19.8 Å². The maximum atomic E-state index is 13.0.